The SMILES string of the molecule is CC1(C)Cc2nc3sc4c(Cl)ncnc4c3cc2CS1. The van der Waals surface area contributed by atoms with Gasteiger partial charge in [0.15, 0.2) is 0 Å². The van der Waals surface area contributed by atoms with Crippen LogP contribution in [0.2, 0.25) is 5.15 Å². The van der Waals surface area contributed by atoms with Crippen LogP contribution < -0.4 is 0 Å². The Morgan fingerprint density at radius 2 is 2.15 bits per heavy atom. The van der Waals surface area contributed by atoms with Gasteiger partial charge in [0.25, 0.3) is 0 Å². The lowest BCUT2D eigenvalue weighted by Gasteiger charge is -2.29. The van der Waals surface area contributed by atoms with Crippen LogP contribution in [0.15, 0.2) is 12.4 Å². The monoisotopic (exact) mass is 321 g/mol. The molecule has 0 aliphatic carbocycles. The summed E-state index contributed by atoms with van der Waals surface area (Å²) in [6.07, 6.45) is 2.53. The first-order valence-electron chi connectivity index (χ1n) is 6.39. The van der Waals surface area contributed by atoms with Crippen molar-refractivity contribution in [2.45, 2.75) is 30.8 Å². The first-order valence-corrected chi connectivity index (χ1v) is 8.57. The number of thiophene rings is 1. The molecule has 4 heterocycles. The first-order chi connectivity index (χ1) is 9.53. The molecule has 1 aliphatic heterocycles. The van der Waals surface area contributed by atoms with Crippen LogP contribution in [0.3, 0.4) is 0 Å². The Balaban J connectivity index is 2.02. The number of rotatable bonds is 0. The molecule has 0 atom stereocenters. The number of nitrogens with zero attached hydrogens (tertiary/aromatic N) is 3. The van der Waals surface area contributed by atoms with E-state index in [4.69, 9.17) is 16.6 Å². The van der Waals surface area contributed by atoms with E-state index in [9.17, 15) is 0 Å². The van der Waals surface area contributed by atoms with Gasteiger partial charge in [-0.1, -0.05) is 25.4 Å². The highest BCUT2D eigenvalue weighted by Crippen LogP contribution is 2.41. The fraction of sp³-hybridized carbons (Fsp3) is 0.357. The summed E-state index contributed by atoms with van der Waals surface area (Å²) in [7, 11) is 0. The standard InChI is InChI=1S/C14H12ClN3S2/c1-14(2)4-9-7(5-19-14)3-8-10-11(20-13(8)18-9)12(15)17-6-16-10/h3,6H,4-5H2,1-2H3. The van der Waals surface area contributed by atoms with Crippen molar-refractivity contribution >= 4 is 55.1 Å². The van der Waals surface area contributed by atoms with E-state index in [1.807, 2.05) is 11.8 Å². The summed E-state index contributed by atoms with van der Waals surface area (Å²) < 4.78 is 1.20. The maximum absolute atomic E-state index is 6.16. The summed E-state index contributed by atoms with van der Waals surface area (Å²) >= 11 is 9.73. The lowest BCUT2D eigenvalue weighted by molar-refractivity contribution is 0.679. The molecule has 0 unspecified atom stereocenters. The normalized spacial score (nSPS) is 17.6. The number of aromatic nitrogens is 3. The molecule has 6 heteroatoms. The van der Waals surface area contributed by atoms with Crippen LogP contribution in [0.5, 0.6) is 0 Å². The first kappa shape index (κ1) is 12.8. The fourth-order valence-electron chi connectivity index (χ4n) is 2.56. The zero-order valence-electron chi connectivity index (χ0n) is 11.1. The molecule has 4 rings (SSSR count). The van der Waals surface area contributed by atoms with Gasteiger partial charge in [0.1, 0.15) is 16.3 Å². The summed E-state index contributed by atoms with van der Waals surface area (Å²) in [4.78, 5) is 14.3. The predicted molar refractivity (Wildman–Crippen MR) is 86.8 cm³/mol. The van der Waals surface area contributed by atoms with Crippen molar-refractivity contribution in [3.8, 4) is 0 Å². The summed E-state index contributed by atoms with van der Waals surface area (Å²) in [5, 5.41) is 1.62. The second kappa shape index (κ2) is 4.29. The second-order valence-corrected chi connectivity index (χ2v) is 8.66. The molecule has 0 spiro atoms. The lowest BCUT2D eigenvalue weighted by Crippen LogP contribution is -2.24. The highest BCUT2D eigenvalue weighted by atomic mass is 35.5. The van der Waals surface area contributed by atoms with E-state index < -0.39 is 0 Å². The van der Waals surface area contributed by atoms with Crippen molar-refractivity contribution in [1.29, 1.82) is 0 Å². The van der Waals surface area contributed by atoms with Gasteiger partial charge in [-0.05, 0) is 11.6 Å². The lowest BCUT2D eigenvalue weighted by atomic mass is 10.0. The third-order valence-electron chi connectivity index (χ3n) is 3.58. The molecule has 0 N–H and O–H groups in total. The van der Waals surface area contributed by atoms with E-state index >= 15 is 0 Å². The van der Waals surface area contributed by atoms with Gasteiger partial charge in [-0.3, -0.25) is 0 Å². The molecule has 0 fully saturated rings. The Labute approximate surface area is 129 Å². The number of halogens is 1. The third-order valence-corrected chi connectivity index (χ3v) is 6.46. The molecule has 1 aliphatic rings. The van der Waals surface area contributed by atoms with E-state index in [0.29, 0.717) is 5.15 Å². The van der Waals surface area contributed by atoms with E-state index in [2.05, 4.69) is 29.9 Å². The van der Waals surface area contributed by atoms with Gasteiger partial charge < -0.3 is 0 Å². The van der Waals surface area contributed by atoms with Crippen molar-refractivity contribution in [2.75, 3.05) is 0 Å². The molecule has 0 radical (unpaired) electrons. The van der Waals surface area contributed by atoms with Crippen LogP contribution in [0, 0.1) is 0 Å². The van der Waals surface area contributed by atoms with Crippen molar-refractivity contribution in [3.05, 3.63) is 28.8 Å². The summed E-state index contributed by atoms with van der Waals surface area (Å²) in [6.45, 7) is 4.56. The van der Waals surface area contributed by atoms with E-state index in [0.717, 1.165) is 32.6 Å². The summed E-state index contributed by atoms with van der Waals surface area (Å²) in [5.41, 5.74) is 3.48. The van der Waals surface area contributed by atoms with Crippen LogP contribution in [-0.2, 0) is 12.2 Å². The molecule has 0 saturated carbocycles. The molecule has 102 valence electrons. The highest BCUT2D eigenvalue weighted by Gasteiger charge is 2.27. The number of hydrogen-bond acceptors (Lipinski definition) is 5. The van der Waals surface area contributed by atoms with E-state index in [-0.39, 0.29) is 4.75 Å². The molecular formula is C14H12ClN3S2. The molecule has 3 aromatic rings. The van der Waals surface area contributed by atoms with Crippen molar-refractivity contribution in [3.63, 3.8) is 0 Å². The van der Waals surface area contributed by atoms with Gasteiger partial charge in [0, 0.05) is 28.0 Å². The molecule has 20 heavy (non-hydrogen) atoms. The van der Waals surface area contributed by atoms with Gasteiger partial charge in [-0.2, -0.15) is 11.8 Å². The van der Waals surface area contributed by atoms with Crippen molar-refractivity contribution in [2.24, 2.45) is 0 Å². The molecule has 0 bridgehead atoms. The predicted octanol–water partition coefficient (Wildman–Crippen LogP) is 4.46. The van der Waals surface area contributed by atoms with Gasteiger partial charge in [-0.15, -0.1) is 11.3 Å². The number of fused-ring (bicyclic) bond motifs is 4. The van der Waals surface area contributed by atoms with Gasteiger partial charge in [0.2, 0.25) is 0 Å². The van der Waals surface area contributed by atoms with Crippen LogP contribution in [0.25, 0.3) is 20.4 Å². The maximum atomic E-state index is 6.16. The van der Waals surface area contributed by atoms with Crippen LogP contribution in [0.4, 0.5) is 0 Å². The fourth-order valence-corrected chi connectivity index (χ4v) is 4.85. The Morgan fingerprint density at radius 3 is 3.00 bits per heavy atom. The van der Waals surface area contributed by atoms with Gasteiger partial charge in [-0.25, -0.2) is 15.0 Å². The minimum atomic E-state index is 0.266. The van der Waals surface area contributed by atoms with Crippen molar-refractivity contribution in [1.82, 2.24) is 15.0 Å². The van der Waals surface area contributed by atoms with Crippen LogP contribution >= 0.6 is 34.7 Å². The zero-order chi connectivity index (χ0) is 13.9. The summed E-state index contributed by atoms with van der Waals surface area (Å²) in [6, 6.07) is 2.24. The zero-order valence-corrected chi connectivity index (χ0v) is 13.5. The Morgan fingerprint density at radius 1 is 1.30 bits per heavy atom. The van der Waals surface area contributed by atoms with E-state index in [1.165, 1.54) is 17.6 Å². The van der Waals surface area contributed by atoms with Crippen LogP contribution in [0.1, 0.15) is 25.1 Å². The Bertz CT molecular complexity index is 841. The van der Waals surface area contributed by atoms with Crippen LogP contribution in [-0.4, -0.2) is 19.7 Å². The van der Waals surface area contributed by atoms with Crippen molar-refractivity contribution < 1.29 is 0 Å². The topological polar surface area (TPSA) is 38.7 Å². The molecule has 0 amide bonds. The number of hydrogen-bond donors (Lipinski definition) is 0. The molecule has 0 saturated heterocycles. The van der Waals surface area contributed by atoms with E-state index in [1.54, 1.807) is 11.3 Å². The Kier molecular flexibility index (Phi) is 2.75. The molecule has 3 nitrogen and oxygen atoms in total. The van der Waals surface area contributed by atoms with Gasteiger partial charge in [0.05, 0.1) is 10.2 Å². The maximum Gasteiger partial charge on any atom is 0.150 e. The Hall–Kier alpha value is -0.910. The smallest absolute Gasteiger partial charge is 0.150 e. The molecular weight excluding hydrogens is 310 g/mol. The summed E-state index contributed by atoms with van der Waals surface area (Å²) in [5.74, 6) is 1.02. The molecule has 0 aromatic carbocycles. The second-order valence-electron chi connectivity index (χ2n) is 5.62. The largest absolute Gasteiger partial charge is 0.241 e. The van der Waals surface area contributed by atoms with Gasteiger partial charge >= 0.3 is 0 Å². The number of thioether (sulfide) groups is 1. The quantitative estimate of drug-likeness (QED) is 0.573. The average molecular weight is 322 g/mol. The number of pyridine rings is 1. The molecule has 3 aromatic heterocycles. The minimum Gasteiger partial charge on any atom is -0.241 e. The minimum absolute atomic E-state index is 0.266. The average Bonchev–Trinajstić information content (AvgIpc) is 2.75. The highest BCUT2D eigenvalue weighted by molar-refractivity contribution is 7.99. The third kappa shape index (κ3) is 1.91.